The molecule has 3 aromatic rings. The van der Waals surface area contributed by atoms with Gasteiger partial charge in [0.25, 0.3) is 5.89 Å². The molecule has 0 amide bonds. The Kier molecular flexibility index (Phi) is 3.38. The predicted octanol–water partition coefficient (Wildman–Crippen LogP) is 4.07. The van der Waals surface area contributed by atoms with E-state index < -0.39 is 5.82 Å². The lowest BCUT2D eigenvalue weighted by molar-refractivity contribution is 0.432. The first kappa shape index (κ1) is 13.3. The first-order valence-electron chi connectivity index (χ1n) is 5.97. The summed E-state index contributed by atoms with van der Waals surface area (Å²) in [7, 11) is 0. The van der Waals surface area contributed by atoms with E-state index in [9.17, 15) is 4.39 Å². The monoisotopic (exact) mass is 299 g/mol. The molecule has 1 aromatic heterocycles. The van der Waals surface area contributed by atoms with Crippen molar-refractivity contribution in [2.75, 3.05) is 0 Å². The van der Waals surface area contributed by atoms with E-state index in [1.807, 2.05) is 0 Å². The molecule has 0 aliphatic heterocycles. The molecule has 0 fully saturated rings. The van der Waals surface area contributed by atoms with Gasteiger partial charge in [-0.05, 0) is 24.3 Å². The quantitative estimate of drug-likeness (QED) is 0.715. The number of nitrogens with zero attached hydrogens (tertiary/aromatic N) is 3. The van der Waals surface area contributed by atoms with Crippen LogP contribution in [0.5, 0.6) is 0 Å². The molecule has 0 unspecified atom stereocenters. The first-order valence-corrected chi connectivity index (χ1v) is 6.35. The number of halogens is 2. The average Bonchev–Trinajstić information content (AvgIpc) is 2.96. The second-order valence-electron chi connectivity index (χ2n) is 4.21. The normalized spacial score (nSPS) is 10.3. The number of benzene rings is 2. The molecule has 0 saturated heterocycles. The van der Waals surface area contributed by atoms with Gasteiger partial charge >= 0.3 is 0 Å². The van der Waals surface area contributed by atoms with Gasteiger partial charge in [0.15, 0.2) is 0 Å². The summed E-state index contributed by atoms with van der Waals surface area (Å²) in [6.45, 7) is 0. The summed E-state index contributed by atoms with van der Waals surface area (Å²) in [5.74, 6) is -0.223. The zero-order chi connectivity index (χ0) is 14.8. The molecule has 0 radical (unpaired) electrons. The molecule has 102 valence electrons. The predicted molar refractivity (Wildman–Crippen MR) is 74.9 cm³/mol. The van der Waals surface area contributed by atoms with E-state index >= 15 is 0 Å². The summed E-state index contributed by atoms with van der Waals surface area (Å²) >= 11 is 5.91. The molecule has 6 heteroatoms. The SMILES string of the molecule is N#Cc1c(F)cccc1-c1nc(-c2cccc(Cl)c2)no1. The van der Waals surface area contributed by atoms with Crippen LogP contribution in [0, 0.1) is 17.1 Å². The molecule has 21 heavy (non-hydrogen) atoms. The topological polar surface area (TPSA) is 62.7 Å². The van der Waals surface area contributed by atoms with Crippen LogP contribution in [0.25, 0.3) is 22.8 Å². The van der Waals surface area contributed by atoms with Crippen molar-refractivity contribution < 1.29 is 8.91 Å². The highest BCUT2D eigenvalue weighted by atomic mass is 35.5. The standard InChI is InChI=1S/C15H7ClFN3O/c16-10-4-1-3-9(7-10)14-19-15(21-20-14)11-5-2-6-13(17)12(11)8-18/h1-7H. The third-order valence-electron chi connectivity index (χ3n) is 2.86. The highest BCUT2D eigenvalue weighted by Crippen LogP contribution is 2.27. The smallest absolute Gasteiger partial charge is 0.259 e. The van der Waals surface area contributed by atoms with Crippen molar-refractivity contribution in [2.45, 2.75) is 0 Å². The summed E-state index contributed by atoms with van der Waals surface area (Å²) in [5, 5.41) is 13.4. The van der Waals surface area contributed by atoms with Crippen LogP contribution in [0.4, 0.5) is 4.39 Å². The summed E-state index contributed by atoms with van der Waals surface area (Å²) in [5.41, 5.74) is 0.810. The summed E-state index contributed by atoms with van der Waals surface area (Å²) in [6, 6.07) is 13.0. The van der Waals surface area contributed by atoms with Crippen molar-refractivity contribution in [3.63, 3.8) is 0 Å². The zero-order valence-corrected chi connectivity index (χ0v) is 11.3. The third-order valence-corrected chi connectivity index (χ3v) is 3.10. The van der Waals surface area contributed by atoms with E-state index in [0.717, 1.165) is 0 Å². The Balaban J connectivity index is 2.08. The van der Waals surface area contributed by atoms with Gasteiger partial charge in [-0.25, -0.2) is 4.39 Å². The van der Waals surface area contributed by atoms with E-state index in [1.165, 1.54) is 12.1 Å². The number of hydrogen-bond donors (Lipinski definition) is 0. The van der Waals surface area contributed by atoms with Gasteiger partial charge in [-0.1, -0.05) is 35.0 Å². The van der Waals surface area contributed by atoms with Gasteiger partial charge in [0.05, 0.1) is 5.56 Å². The molecule has 4 nitrogen and oxygen atoms in total. The van der Waals surface area contributed by atoms with E-state index in [-0.39, 0.29) is 17.0 Å². The van der Waals surface area contributed by atoms with Crippen LogP contribution in [-0.4, -0.2) is 10.1 Å². The minimum atomic E-state index is -0.627. The summed E-state index contributed by atoms with van der Waals surface area (Å²) in [4.78, 5) is 4.19. The van der Waals surface area contributed by atoms with Crippen LogP contribution in [0.15, 0.2) is 47.0 Å². The number of rotatable bonds is 2. The Hall–Kier alpha value is -2.71. The maximum Gasteiger partial charge on any atom is 0.259 e. The van der Waals surface area contributed by atoms with Crippen LogP contribution in [0.2, 0.25) is 5.02 Å². The molecule has 1 heterocycles. The highest BCUT2D eigenvalue weighted by Gasteiger charge is 2.16. The van der Waals surface area contributed by atoms with Gasteiger partial charge in [0.1, 0.15) is 17.4 Å². The van der Waals surface area contributed by atoms with Gasteiger partial charge in [-0.15, -0.1) is 0 Å². The van der Waals surface area contributed by atoms with Crippen molar-refractivity contribution >= 4 is 11.6 Å². The molecule has 0 saturated carbocycles. The fraction of sp³-hybridized carbons (Fsp3) is 0. The minimum absolute atomic E-state index is 0.0843. The Bertz CT molecular complexity index is 854. The average molecular weight is 300 g/mol. The molecule has 2 aromatic carbocycles. The maximum atomic E-state index is 13.6. The van der Waals surface area contributed by atoms with Gasteiger partial charge in [-0.3, -0.25) is 0 Å². The lowest BCUT2D eigenvalue weighted by Crippen LogP contribution is -1.89. The third kappa shape index (κ3) is 2.49. The van der Waals surface area contributed by atoms with Gasteiger partial charge < -0.3 is 4.52 Å². The van der Waals surface area contributed by atoms with Crippen LogP contribution < -0.4 is 0 Å². The molecule has 0 N–H and O–H groups in total. The Morgan fingerprint density at radius 2 is 2.00 bits per heavy atom. The van der Waals surface area contributed by atoms with Gasteiger partial charge in [0, 0.05) is 10.6 Å². The van der Waals surface area contributed by atoms with E-state index in [2.05, 4.69) is 10.1 Å². The van der Waals surface area contributed by atoms with Crippen molar-refractivity contribution in [3.8, 4) is 28.9 Å². The second-order valence-corrected chi connectivity index (χ2v) is 4.64. The van der Waals surface area contributed by atoms with E-state index in [4.69, 9.17) is 21.4 Å². The Morgan fingerprint density at radius 1 is 1.19 bits per heavy atom. The number of aromatic nitrogens is 2. The molecule has 0 atom stereocenters. The van der Waals surface area contributed by atoms with Crippen molar-refractivity contribution in [1.82, 2.24) is 10.1 Å². The lowest BCUT2D eigenvalue weighted by Gasteiger charge is -1.98. The number of hydrogen-bond acceptors (Lipinski definition) is 4. The maximum absolute atomic E-state index is 13.6. The Morgan fingerprint density at radius 3 is 2.76 bits per heavy atom. The van der Waals surface area contributed by atoms with Crippen LogP contribution in [-0.2, 0) is 0 Å². The molecular formula is C15H7ClFN3O. The lowest BCUT2D eigenvalue weighted by atomic mass is 10.1. The van der Waals surface area contributed by atoms with E-state index in [1.54, 1.807) is 36.4 Å². The summed E-state index contributed by atoms with van der Waals surface area (Å²) in [6.07, 6.45) is 0. The number of nitriles is 1. The van der Waals surface area contributed by atoms with E-state index in [0.29, 0.717) is 16.4 Å². The van der Waals surface area contributed by atoms with Crippen LogP contribution in [0.3, 0.4) is 0 Å². The Labute approximate surface area is 124 Å². The summed E-state index contributed by atoms with van der Waals surface area (Å²) < 4.78 is 18.7. The van der Waals surface area contributed by atoms with Gasteiger partial charge in [0.2, 0.25) is 5.82 Å². The largest absolute Gasteiger partial charge is 0.334 e. The fourth-order valence-corrected chi connectivity index (χ4v) is 2.08. The molecule has 0 bridgehead atoms. The van der Waals surface area contributed by atoms with Crippen molar-refractivity contribution in [1.29, 1.82) is 5.26 Å². The molecule has 0 spiro atoms. The molecule has 3 rings (SSSR count). The molecular weight excluding hydrogens is 293 g/mol. The molecule has 0 aliphatic carbocycles. The highest BCUT2D eigenvalue weighted by molar-refractivity contribution is 6.30. The van der Waals surface area contributed by atoms with Gasteiger partial charge in [-0.2, -0.15) is 10.2 Å². The van der Waals surface area contributed by atoms with Crippen LogP contribution >= 0.6 is 11.6 Å². The fourth-order valence-electron chi connectivity index (χ4n) is 1.89. The second kappa shape index (κ2) is 5.35. The zero-order valence-electron chi connectivity index (χ0n) is 10.5. The van der Waals surface area contributed by atoms with Crippen molar-refractivity contribution in [2.24, 2.45) is 0 Å². The van der Waals surface area contributed by atoms with Crippen LogP contribution in [0.1, 0.15) is 5.56 Å². The van der Waals surface area contributed by atoms with Crippen molar-refractivity contribution in [3.05, 3.63) is 58.9 Å². The minimum Gasteiger partial charge on any atom is -0.334 e. The first-order chi connectivity index (χ1) is 10.2. The molecule has 0 aliphatic rings.